The van der Waals surface area contributed by atoms with E-state index in [0.29, 0.717) is 6.42 Å². The highest BCUT2D eigenvalue weighted by molar-refractivity contribution is 7.91. The number of nitrogens with zero attached hydrogens (tertiary/aromatic N) is 1. The third-order valence-corrected chi connectivity index (χ3v) is 5.02. The molecular weight excluding hydrogens is 214 g/mol. The summed E-state index contributed by atoms with van der Waals surface area (Å²) in [7, 11) is -0.902. The SMILES string of the molecule is Cn1cccc1[C@@]12CCS(=O)(=O)C[C@H]1O2. The minimum absolute atomic E-state index is 0.121. The lowest BCUT2D eigenvalue weighted by Gasteiger charge is -2.18. The minimum Gasteiger partial charge on any atom is -0.358 e. The molecule has 1 aromatic heterocycles. The number of aromatic nitrogens is 1. The van der Waals surface area contributed by atoms with Gasteiger partial charge in [0, 0.05) is 13.2 Å². The Labute approximate surface area is 88.8 Å². The first kappa shape index (κ1) is 9.42. The summed E-state index contributed by atoms with van der Waals surface area (Å²) >= 11 is 0. The number of rotatable bonds is 1. The maximum atomic E-state index is 11.4. The molecule has 0 spiro atoms. The molecule has 0 radical (unpaired) electrons. The van der Waals surface area contributed by atoms with Gasteiger partial charge < -0.3 is 9.30 Å². The number of hydrogen-bond donors (Lipinski definition) is 0. The van der Waals surface area contributed by atoms with E-state index < -0.39 is 9.84 Å². The van der Waals surface area contributed by atoms with Gasteiger partial charge in [-0.15, -0.1) is 0 Å². The van der Waals surface area contributed by atoms with Crippen molar-refractivity contribution in [2.24, 2.45) is 7.05 Å². The van der Waals surface area contributed by atoms with Crippen LogP contribution in [0.1, 0.15) is 12.1 Å². The molecule has 2 fully saturated rings. The number of hydrogen-bond acceptors (Lipinski definition) is 3. The number of sulfone groups is 1. The van der Waals surface area contributed by atoms with Crippen molar-refractivity contribution < 1.29 is 13.2 Å². The first-order valence-electron chi connectivity index (χ1n) is 5.04. The summed E-state index contributed by atoms with van der Waals surface area (Å²) < 4.78 is 30.4. The summed E-state index contributed by atoms with van der Waals surface area (Å²) in [5.74, 6) is 0.423. The highest BCUT2D eigenvalue weighted by Gasteiger charge is 2.62. The topological polar surface area (TPSA) is 51.6 Å². The number of ether oxygens (including phenoxy) is 1. The molecule has 4 nitrogen and oxygen atoms in total. The van der Waals surface area contributed by atoms with Crippen molar-refractivity contribution >= 4 is 9.84 Å². The Balaban J connectivity index is 1.96. The molecule has 5 heteroatoms. The summed E-state index contributed by atoms with van der Waals surface area (Å²) in [4.78, 5) is 0. The van der Waals surface area contributed by atoms with E-state index in [1.807, 2.05) is 29.9 Å². The Kier molecular flexibility index (Phi) is 1.66. The van der Waals surface area contributed by atoms with E-state index in [4.69, 9.17) is 4.74 Å². The van der Waals surface area contributed by atoms with Gasteiger partial charge in [-0.05, 0) is 18.6 Å². The second kappa shape index (κ2) is 2.65. The van der Waals surface area contributed by atoms with Crippen LogP contribution in [-0.4, -0.2) is 30.6 Å². The molecular formula is C10H13NO3S. The molecule has 2 aliphatic heterocycles. The molecule has 0 saturated carbocycles. The van der Waals surface area contributed by atoms with Crippen LogP contribution in [0, 0.1) is 0 Å². The fraction of sp³-hybridized carbons (Fsp3) is 0.600. The molecule has 0 bridgehead atoms. The molecule has 0 unspecified atom stereocenters. The molecule has 0 amide bonds. The monoisotopic (exact) mass is 227 g/mol. The number of epoxide rings is 1. The van der Waals surface area contributed by atoms with E-state index in [1.54, 1.807) is 0 Å². The second-order valence-electron chi connectivity index (χ2n) is 4.36. The van der Waals surface area contributed by atoms with Gasteiger partial charge in [-0.1, -0.05) is 0 Å². The lowest BCUT2D eigenvalue weighted by atomic mass is 9.98. The first-order chi connectivity index (χ1) is 7.04. The fourth-order valence-electron chi connectivity index (χ4n) is 2.48. The minimum atomic E-state index is -2.87. The summed E-state index contributed by atoms with van der Waals surface area (Å²) in [5.41, 5.74) is 0.797. The van der Waals surface area contributed by atoms with Crippen molar-refractivity contribution in [2.75, 3.05) is 11.5 Å². The van der Waals surface area contributed by atoms with Gasteiger partial charge in [0.25, 0.3) is 0 Å². The molecule has 15 heavy (non-hydrogen) atoms. The third kappa shape index (κ3) is 1.26. The van der Waals surface area contributed by atoms with Crippen LogP contribution >= 0.6 is 0 Å². The van der Waals surface area contributed by atoms with E-state index in [1.165, 1.54) is 0 Å². The van der Waals surface area contributed by atoms with E-state index in [0.717, 1.165) is 5.69 Å². The fourth-order valence-corrected chi connectivity index (χ4v) is 4.06. The largest absolute Gasteiger partial charge is 0.358 e. The molecule has 3 rings (SSSR count). The lowest BCUT2D eigenvalue weighted by Crippen LogP contribution is -2.31. The average Bonchev–Trinajstić information content (AvgIpc) is 2.68. The molecule has 0 aliphatic carbocycles. The van der Waals surface area contributed by atoms with Gasteiger partial charge in [0.05, 0.1) is 17.2 Å². The van der Waals surface area contributed by atoms with Crippen LogP contribution in [0.25, 0.3) is 0 Å². The summed E-state index contributed by atoms with van der Waals surface area (Å²) in [5, 5.41) is 0. The van der Waals surface area contributed by atoms with Crippen LogP contribution < -0.4 is 0 Å². The van der Waals surface area contributed by atoms with Crippen molar-refractivity contribution in [2.45, 2.75) is 18.1 Å². The van der Waals surface area contributed by atoms with Gasteiger partial charge in [0.1, 0.15) is 11.7 Å². The predicted octanol–water partition coefficient (Wildman–Crippen LogP) is 0.438. The molecule has 0 N–H and O–H groups in total. The van der Waals surface area contributed by atoms with Crippen molar-refractivity contribution in [1.29, 1.82) is 0 Å². The average molecular weight is 227 g/mol. The molecule has 2 aliphatic rings. The van der Waals surface area contributed by atoms with Crippen LogP contribution in [0.5, 0.6) is 0 Å². The Morgan fingerprint density at radius 1 is 1.60 bits per heavy atom. The maximum Gasteiger partial charge on any atom is 0.153 e. The van der Waals surface area contributed by atoms with Gasteiger partial charge in [-0.2, -0.15) is 0 Å². The molecule has 0 aromatic carbocycles. The number of aryl methyl sites for hydroxylation is 1. The zero-order chi connectivity index (χ0) is 10.7. The van der Waals surface area contributed by atoms with Crippen molar-refractivity contribution in [1.82, 2.24) is 4.57 Å². The quantitative estimate of drug-likeness (QED) is 0.654. The zero-order valence-electron chi connectivity index (χ0n) is 8.51. The second-order valence-corrected chi connectivity index (χ2v) is 6.59. The lowest BCUT2D eigenvalue weighted by molar-refractivity contribution is 0.286. The van der Waals surface area contributed by atoms with Crippen LogP contribution in [0.2, 0.25) is 0 Å². The summed E-state index contributed by atoms with van der Waals surface area (Å²) in [6.45, 7) is 0. The number of fused-ring (bicyclic) bond motifs is 1. The molecule has 2 saturated heterocycles. The standard InChI is InChI=1S/C10H13NO3S/c1-11-5-2-3-8(11)10-4-6-15(12,13)7-9(10)14-10/h2-3,5,9H,4,6-7H2,1H3/t9-,10+/m1/s1. The molecule has 1 aromatic rings. The molecule has 82 valence electrons. The zero-order valence-corrected chi connectivity index (χ0v) is 9.33. The third-order valence-electron chi connectivity index (χ3n) is 3.38. The first-order valence-corrected chi connectivity index (χ1v) is 6.86. The normalized spacial score (nSPS) is 37.3. The molecule has 2 atom stereocenters. The van der Waals surface area contributed by atoms with Gasteiger partial charge in [0.15, 0.2) is 9.84 Å². The predicted molar refractivity (Wildman–Crippen MR) is 55.2 cm³/mol. The van der Waals surface area contributed by atoms with Crippen LogP contribution in [0.4, 0.5) is 0 Å². The van der Waals surface area contributed by atoms with Crippen molar-refractivity contribution in [3.63, 3.8) is 0 Å². The smallest absolute Gasteiger partial charge is 0.153 e. The van der Waals surface area contributed by atoms with E-state index in [-0.39, 0.29) is 23.2 Å². The maximum absolute atomic E-state index is 11.4. The van der Waals surface area contributed by atoms with Gasteiger partial charge in [-0.25, -0.2) is 8.42 Å². The van der Waals surface area contributed by atoms with Gasteiger partial charge in [-0.3, -0.25) is 0 Å². The Morgan fingerprint density at radius 2 is 2.40 bits per heavy atom. The molecule has 3 heterocycles. The van der Waals surface area contributed by atoms with Crippen LogP contribution in [0.3, 0.4) is 0 Å². The van der Waals surface area contributed by atoms with Gasteiger partial charge in [0.2, 0.25) is 0 Å². The van der Waals surface area contributed by atoms with E-state index >= 15 is 0 Å². The van der Waals surface area contributed by atoms with Crippen LogP contribution in [0.15, 0.2) is 18.3 Å². The summed E-state index contributed by atoms with van der Waals surface area (Å²) in [6.07, 6.45) is 2.44. The highest BCUT2D eigenvalue weighted by atomic mass is 32.2. The Hall–Kier alpha value is -0.810. The van der Waals surface area contributed by atoms with Crippen LogP contribution in [-0.2, 0) is 27.2 Å². The van der Waals surface area contributed by atoms with E-state index in [9.17, 15) is 8.42 Å². The Morgan fingerprint density at radius 3 is 3.00 bits per heavy atom. The van der Waals surface area contributed by atoms with Crippen molar-refractivity contribution in [3.05, 3.63) is 24.0 Å². The summed E-state index contributed by atoms with van der Waals surface area (Å²) in [6, 6.07) is 3.98. The highest BCUT2D eigenvalue weighted by Crippen LogP contribution is 2.52. The van der Waals surface area contributed by atoms with E-state index in [2.05, 4.69) is 0 Å². The Bertz CT molecular complexity index is 504. The van der Waals surface area contributed by atoms with Gasteiger partial charge >= 0.3 is 0 Å². The van der Waals surface area contributed by atoms with Crippen molar-refractivity contribution in [3.8, 4) is 0 Å².